The zero-order valence-corrected chi connectivity index (χ0v) is 11.6. The monoisotopic (exact) mass is 294 g/mol. The Labute approximate surface area is 120 Å². The van der Waals surface area contributed by atoms with Crippen LogP contribution in [0.15, 0.2) is 24.3 Å². The second kappa shape index (κ2) is 5.90. The predicted octanol–water partition coefficient (Wildman–Crippen LogP) is 0.466. The van der Waals surface area contributed by atoms with Crippen LogP contribution in [-0.2, 0) is 14.4 Å². The van der Waals surface area contributed by atoms with Crippen molar-refractivity contribution in [1.29, 1.82) is 0 Å². The minimum atomic E-state index is -0.892. The van der Waals surface area contributed by atoms with Crippen LogP contribution in [0.1, 0.15) is 13.8 Å². The van der Waals surface area contributed by atoms with Crippen LogP contribution in [0.5, 0.6) is 5.75 Å². The number of nitrogens with zero attached hydrogens (tertiary/aromatic N) is 1. The van der Waals surface area contributed by atoms with E-state index in [4.69, 9.17) is 4.74 Å². The molecule has 1 saturated heterocycles. The van der Waals surface area contributed by atoms with E-state index in [1.807, 2.05) is 0 Å². The Bertz CT molecular complexity index is 573. The first-order valence-corrected chi connectivity index (χ1v) is 6.45. The van der Waals surface area contributed by atoms with Gasteiger partial charge in [0.05, 0.1) is 0 Å². The largest absolute Gasteiger partial charge is 0.481 e. The van der Waals surface area contributed by atoms with E-state index in [1.165, 1.54) is 38.1 Å². The van der Waals surface area contributed by atoms with Gasteiger partial charge < -0.3 is 9.64 Å². The molecule has 21 heavy (non-hydrogen) atoms. The molecule has 7 heteroatoms. The molecule has 1 N–H and O–H groups in total. The van der Waals surface area contributed by atoms with E-state index in [1.54, 1.807) is 0 Å². The van der Waals surface area contributed by atoms with Crippen LogP contribution in [-0.4, -0.2) is 41.3 Å². The van der Waals surface area contributed by atoms with Gasteiger partial charge in [-0.15, -0.1) is 0 Å². The first kappa shape index (κ1) is 15.0. The lowest BCUT2D eigenvalue weighted by molar-refractivity contribution is -0.152. The van der Waals surface area contributed by atoms with Crippen molar-refractivity contribution >= 4 is 17.7 Å². The molecule has 0 radical (unpaired) electrons. The number of amides is 3. The second-order valence-corrected chi connectivity index (χ2v) is 4.77. The molecule has 1 aliphatic heterocycles. The number of hydrogen-bond donors (Lipinski definition) is 1. The fraction of sp³-hybridized carbons (Fsp3) is 0.357. The molecule has 1 aromatic rings. The Morgan fingerprint density at radius 3 is 2.62 bits per heavy atom. The topological polar surface area (TPSA) is 75.7 Å². The van der Waals surface area contributed by atoms with E-state index in [0.717, 1.165) is 4.90 Å². The van der Waals surface area contributed by atoms with Crippen LogP contribution < -0.4 is 10.1 Å². The van der Waals surface area contributed by atoms with Crippen LogP contribution >= 0.6 is 0 Å². The summed E-state index contributed by atoms with van der Waals surface area (Å²) in [5, 5.41) is 2.15. The third-order valence-electron chi connectivity index (χ3n) is 3.18. The molecule has 1 heterocycles. The zero-order valence-electron chi connectivity index (χ0n) is 11.6. The molecular formula is C14H15FN2O4. The highest BCUT2D eigenvalue weighted by Crippen LogP contribution is 2.15. The summed E-state index contributed by atoms with van der Waals surface area (Å²) in [5.74, 6) is -1.60. The van der Waals surface area contributed by atoms with Gasteiger partial charge in [0.15, 0.2) is 6.10 Å². The van der Waals surface area contributed by atoms with Crippen LogP contribution in [0, 0.1) is 5.82 Å². The summed E-state index contributed by atoms with van der Waals surface area (Å²) >= 11 is 0. The van der Waals surface area contributed by atoms with Gasteiger partial charge in [0.1, 0.15) is 24.2 Å². The summed E-state index contributed by atoms with van der Waals surface area (Å²) < 4.78 is 18.2. The molecule has 1 aliphatic rings. The van der Waals surface area contributed by atoms with Gasteiger partial charge in [-0.2, -0.15) is 0 Å². The van der Waals surface area contributed by atoms with Gasteiger partial charge in [0.25, 0.3) is 5.91 Å². The van der Waals surface area contributed by atoms with Gasteiger partial charge in [-0.05, 0) is 38.1 Å². The van der Waals surface area contributed by atoms with Crippen LogP contribution in [0.4, 0.5) is 4.39 Å². The quantitative estimate of drug-likeness (QED) is 0.822. The van der Waals surface area contributed by atoms with Gasteiger partial charge in [0.2, 0.25) is 11.8 Å². The summed E-state index contributed by atoms with van der Waals surface area (Å²) in [5.41, 5.74) is 0. The first-order chi connectivity index (χ1) is 9.88. The number of ether oxygens (including phenoxy) is 1. The van der Waals surface area contributed by atoms with Gasteiger partial charge >= 0.3 is 0 Å². The van der Waals surface area contributed by atoms with Crippen LogP contribution in [0.3, 0.4) is 0 Å². The first-order valence-electron chi connectivity index (χ1n) is 6.45. The molecule has 0 bridgehead atoms. The lowest BCUT2D eigenvalue weighted by Crippen LogP contribution is -2.60. The van der Waals surface area contributed by atoms with Crippen molar-refractivity contribution in [1.82, 2.24) is 10.2 Å². The Balaban J connectivity index is 2.06. The molecule has 1 aromatic carbocycles. The maximum atomic E-state index is 12.8. The number of carbonyl (C=O) groups excluding carboxylic acids is 3. The van der Waals surface area contributed by atoms with Gasteiger partial charge in [0, 0.05) is 0 Å². The smallest absolute Gasteiger partial charge is 0.264 e. The highest BCUT2D eigenvalue weighted by molar-refractivity contribution is 6.04. The van der Waals surface area contributed by atoms with Crippen molar-refractivity contribution in [2.24, 2.45) is 0 Å². The summed E-state index contributed by atoms with van der Waals surface area (Å²) in [6.07, 6.45) is -0.892. The van der Waals surface area contributed by atoms with Gasteiger partial charge in [-0.1, -0.05) is 0 Å². The van der Waals surface area contributed by atoms with Crippen LogP contribution in [0.2, 0.25) is 0 Å². The number of nitrogens with one attached hydrogen (secondary N) is 1. The molecule has 2 atom stereocenters. The average Bonchev–Trinajstić information content (AvgIpc) is 2.44. The fourth-order valence-electron chi connectivity index (χ4n) is 1.98. The zero-order chi connectivity index (χ0) is 15.6. The highest BCUT2D eigenvalue weighted by atomic mass is 19.1. The fourth-order valence-corrected chi connectivity index (χ4v) is 1.98. The molecule has 6 nitrogen and oxygen atoms in total. The molecule has 0 aromatic heterocycles. The Morgan fingerprint density at radius 2 is 2.00 bits per heavy atom. The Hall–Kier alpha value is -2.44. The summed E-state index contributed by atoms with van der Waals surface area (Å²) in [6.45, 7) is 2.85. The normalized spacial score (nSPS) is 20.0. The van der Waals surface area contributed by atoms with Gasteiger partial charge in [-0.25, -0.2) is 4.39 Å². The standard InChI is InChI=1S/C14H15FN2O4/c1-8-13(19)16-12(18)7-17(8)14(20)9(2)21-11-5-3-10(15)4-6-11/h3-6,8-9H,7H2,1-2H3,(H,16,18,19). The summed E-state index contributed by atoms with van der Waals surface area (Å²) in [7, 11) is 0. The lowest BCUT2D eigenvalue weighted by Gasteiger charge is -2.33. The number of benzene rings is 1. The molecule has 3 amide bonds. The van der Waals surface area contributed by atoms with E-state index < -0.39 is 35.7 Å². The molecule has 2 unspecified atom stereocenters. The van der Waals surface area contributed by atoms with Crippen molar-refractivity contribution in [2.75, 3.05) is 6.54 Å². The predicted molar refractivity (Wildman–Crippen MR) is 70.8 cm³/mol. The number of imide groups is 1. The summed E-state index contributed by atoms with van der Waals surface area (Å²) in [4.78, 5) is 36.3. The molecule has 0 spiro atoms. The summed E-state index contributed by atoms with van der Waals surface area (Å²) in [6, 6.07) is 4.49. The van der Waals surface area contributed by atoms with E-state index in [-0.39, 0.29) is 6.54 Å². The molecule has 0 saturated carbocycles. The maximum Gasteiger partial charge on any atom is 0.264 e. The van der Waals surface area contributed by atoms with Crippen molar-refractivity contribution in [3.63, 3.8) is 0 Å². The number of carbonyl (C=O) groups is 3. The van der Waals surface area contributed by atoms with Crippen molar-refractivity contribution in [3.8, 4) is 5.75 Å². The van der Waals surface area contributed by atoms with Crippen molar-refractivity contribution in [2.45, 2.75) is 26.0 Å². The third-order valence-corrected chi connectivity index (χ3v) is 3.18. The van der Waals surface area contributed by atoms with Gasteiger partial charge in [-0.3, -0.25) is 19.7 Å². The lowest BCUT2D eigenvalue weighted by atomic mass is 10.1. The molecule has 1 fully saturated rings. The third kappa shape index (κ3) is 3.36. The Kier molecular flexibility index (Phi) is 4.21. The van der Waals surface area contributed by atoms with Crippen molar-refractivity contribution < 1.29 is 23.5 Å². The number of hydrogen-bond acceptors (Lipinski definition) is 4. The minimum absolute atomic E-state index is 0.192. The minimum Gasteiger partial charge on any atom is -0.481 e. The molecular weight excluding hydrogens is 279 g/mol. The maximum absolute atomic E-state index is 12.8. The second-order valence-electron chi connectivity index (χ2n) is 4.77. The molecule has 112 valence electrons. The SMILES string of the molecule is CC(Oc1ccc(F)cc1)C(=O)N1CC(=O)NC(=O)C1C. The van der Waals surface area contributed by atoms with E-state index in [9.17, 15) is 18.8 Å². The van der Waals surface area contributed by atoms with E-state index >= 15 is 0 Å². The number of rotatable bonds is 3. The number of halogens is 1. The molecule has 2 rings (SSSR count). The van der Waals surface area contributed by atoms with Crippen LogP contribution in [0.25, 0.3) is 0 Å². The van der Waals surface area contributed by atoms with E-state index in [0.29, 0.717) is 5.75 Å². The van der Waals surface area contributed by atoms with E-state index in [2.05, 4.69) is 5.32 Å². The highest BCUT2D eigenvalue weighted by Gasteiger charge is 2.36. The van der Waals surface area contributed by atoms with Crippen molar-refractivity contribution in [3.05, 3.63) is 30.1 Å². The number of piperazine rings is 1. The average molecular weight is 294 g/mol. The Morgan fingerprint density at radius 1 is 1.38 bits per heavy atom. The molecule has 0 aliphatic carbocycles.